The summed E-state index contributed by atoms with van der Waals surface area (Å²) in [6.07, 6.45) is 1.08. The van der Waals surface area contributed by atoms with Gasteiger partial charge in [-0.1, -0.05) is 72.2 Å². The van der Waals surface area contributed by atoms with E-state index >= 15 is 0 Å². The lowest BCUT2D eigenvalue weighted by molar-refractivity contribution is 0.391. The summed E-state index contributed by atoms with van der Waals surface area (Å²) in [5, 5.41) is 3.62. The van der Waals surface area contributed by atoms with Gasteiger partial charge in [-0.15, -0.1) is 0 Å². The van der Waals surface area contributed by atoms with Crippen LogP contribution in [0.1, 0.15) is 31.0 Å². The van der Waals surface area contributed by atoms with Crippen molar-refractivity contribution in [2.24, 2.45) is 5.92 Å². The molecule has 2 aromatic rings. The molecule has 0 bridgehead atoms. The second kappa shape index (κ2) is 7.61. The molecule has 0 aliphatic carbocycles. The van der Waals surface area contributed by atoms with E-state index in [1.54, 1.807) is 0 Å². The van der Waals surface area contributed by atoms with Crippen LogP contribution in [0, 0.1) is 5.92 Å². The molecule has 0 fully saturated rings. The summed E-state index contributed by atoms with van der Waals surface area (Å²) in [5.41, 5.74) is 2.75. The third kappa shape index (κ3) is 4.19. The molecular weight excluding hydrogens is 310 g/mol. The molecule has 106 valence electrons. The van der Waals surface area contributed by atoms with Crippen LogP contribution in [0.4, 0.5) is 0 Å². The summed E-state index contributed by atoms with van der Waals surface area (Å²) in [4.78, 5) is 0. The Morgan fingerprint density at radius 3 is 2.45 bits per heavy atom. The molecule has 0 aliphatic rings. The van der Waals surface area contributed by atoms with E-state index in [-0.39, 0.29) is 0 Å². The van der Waals surface area contributed by atoms with Gasteiger partial charge < -0.3 is 5.32 Å². The highest BCUT2D eigenvalue weighted by atomic mass is 79.9. The van der Waals surface area contributed by atoms with E-state index in [0.29, 0.717) is 12.0 Å². The van der Waals surface area contributed by atoms with Crippen molar-refractivity contribution in [3.05, 3.63) is 70.2 Å². The minimum atomic E-state index is 0.403. The fourth-order valence-electron chi connectivity index (χ4n) is 2.68. The largest absolute Gasteiger partial charge is 0.310 e. The topological polar surface area (TPSA) is 12.0 Å². The molecule has 2 atom stereocenters. The molecule has 2 aromatic carbocycles. The van der Waals surface area contributed by atoms with Gasteiger partial charge in [0, 0.05) is 10.5 Å². The van der Waals surface area contributed by atoms with Crippen molar-refractivity contribution < 1.29 is 0 Å². The average Bonchev–Trinajstić information content (AvgIpc) is 2.45. The van der Waals surface area contributed by atoms with Crippen molar-refractivity contribution in [1.82, 2.24) is 5.32 Å². The minimum Gasteiger partial charge on any atom is -0.310 e. The molecule has 0 saturated heterocycles. The Bertz CT molecular complexity index is 524. The van der Waals surface area contributed by atoms with Crippen LogP contribution in [0.2, 0.25) is 0 Å². The average molecular weight is 332 g/mol. The lowest BCUT2D eigenvalue weighted by atomic mass is 9.89. The lowest BCUT2D eigenvalue weighted by Gasteiger charge is -2.25. The van der Waals surface area contributed by atoms with Crippen molar-refractivity contribution in [2.75, 3.05) is 6.54 Å². The first kappa shape index (κ1) is 15.3. The molecule has 0 aromatic heterocycles. The normalized spacial score (nSPS) is 13.9. The summed E-state index contributed by atoms with van der Waals surface area (Å²) in [6.45, 7) is 5.48. The van der Waals surface area contributed by atoms with E-state index in [2.05, 4.69) is 89.7 Å². The van der Waals surface area contributed by atoms with Crippen LogP contribution >= 0.6 is 15.9 Å². The standard InChI is InChI=1S/C18H22BrN/c1-3-20-18(16-9-5-4-6-10-16)14(2)12-15-8-7-11-17(19)13-15/h4-11,13-14,18,20H,3,12H2,1-2H3. The van der Waals surface area contributed by atoms with Gasteiger partial charge in [-0.2, -0.15) is 0 Å². The van der Waals surface area contributed by atoms with Crippen LogP contribution in [-0.2, 0) is 6.42 Å². The highest BCUT2D eigenvalue weighted by Gasteiger charge is 2.18. The first-order valence-electron chi connectivity index (χ1n) is 7.23. The van der Waals surface area contributed by atoms with Gasteiger partial charge in [0.05, 0.1) is 0 Å². The summed E-state index contributed by atoms with van der Waals surface area (Å²) < 4.78 is 1.15. The lowest BCUT2D eigenvalue weighted by Crippen LogP contribution is -2.28. The van der Waals surface area contributed by atoms with Gasteiger partial charge in [0.15, 0.2) is 0 Å². The molecule has 20 heavy (non-hydrogen) atoms. The highest BCUT2D eigenvalue weighted by Crippen LogP contribution is 2.25. The van der Waals surface area contributed by atoms with Crippen LogP contribution in [0.15, 0.2) is 59.1 Å². The molecule has 2 heteroatoms. The molecule has 0 radical (unpaired) electrons. The first-order valence-corrected chi connectivity index (χ1v) is 8.02. The molecule has 0 spiro atoms. The van der Waals surface area contributed by atoms with Crippen molar-refractivity contribution in [3.8, 4) is 0 Å². The number of halogens is 1. The van der Waals surface area contributed by atoms with Crippen molar-refractivity contribution >= 4 is 15.9 Å². The van der Waals surface area contributed by atoms with E-state index in [1.807, 2.05) is 0 Å². The van der Waals surface area contributed by atoms with E-state index in [4.69, 9.17) is 0 Å². The Labute approximate surface area is 130 Å². The molecule has 2 rings (SSSR count). The first-order chi connectivity index (χ1) is 9.70. The van der Waals surface area contributed by atoms with Gasteiger partial charge in [-0.05, 0) is 42.1 Å². The van der Waals surface area contributed by atoms with Gasteiger partial charge in [0.2, 0.25) is 0 Å². The quantitative estimate of drug-likeness (QED) is 0.787. The van der Waals surface area contributed by atoms with Crippen LogP contribution < -0.4 is 5.32 Å². The third-order valence-corrected chi connectivity index (χ3v) is 4.09. The molecule has 1 nitrogen and oxygen atoms in total. The fourth-order valence-corrected chi connectivity index (χ4v) is 3.13. The number of hydrogen-bond donors (Lipinski definition) is 1. The van der Waals surface area contributed by atoms with Gasteiger partial charge in [0.1, 0.15) is 0 Å². The van der Waals surface area contributed by atoms with Gasteiger partial charge in [0.25, 0.3) is 0 Å². The summed E-state index contributed by atoms with van der Waals surface area (Å²) >= 11 is 3.55. The summed E-state index contributed by atoms with van der Waals surface area (Å²) in [6, 6.07) is 19.7. The van der Waals surface area contributed by atoms with Crippen molar-refractivity contribution in [2.45, 2.75) is 26.3 Å². The van der Waals surface area contributed by atoms with E-state index in [1.165, 1.54) is 11.1 Å². The zero-order valence-corrected chi connectivity index (χ0v) is 13.7. The Hall–Kier alpha value is -1.12. The molecule has 1 N–H and O–H groups in total. The predicted octanol–water partition coefficient (Wildman–Crippen LogP) is 4.98. The number of nitrogens with one attached hydrogen (secondary N) is 1. The number of rotatable bonds is 6. The monoisotopic (exact) mass is 331 g/mol. The molecule has 2 unspecified atom stereocenters. The highest BCUT2D eigenvalue weighted by molar-refractivity contribution is 9.10. The van der Waals surface area contributed by atoms with Crippen molar-refractivity contribution in [3.63, 3.8) is 0 Å². The molecule has 0 saturated carbocycles. The SMILES string of the molecule is CCNC(c1ccccc1)C(C)Cc1cccc(Br)c1. The summed E-state index contributed by atoms with van der Waals surface area (Å²) in [5.74, 6) is 0.548. The number of hydrogen-bond acceptors (Lipinski definition) is 1. The zero-order chi connectivity index (χ0) is 14.4. The summed E-state index contributed by atoms with van der Waals surface area (Å²) in [7, 11) is 0. The second-order valence-electron chi connectivity index (χ2n) is 5.26. The molecule has 0 amide bonds. The van der Waals surface area contributed by atoms with Crippen LogP contribution in [0.5, 0.6) is 0 Å². The van der Waals surface area contributed by atoms with Crippen LogP contribution in [0.3, 0.4) is 0 Å². The second-order valence-corrected chi connectivity index (χ2v) is 6.17. The Morgan fingerprint density at radius 1 is 1.05 bits per heavy atom. The minimum absolute atomic E-state index is 0.403. The smallest absolute Gasteiger partial charge is 0.0349 e. The van der Waals surface area contributed by atoms with E-state index in [9.17, 15) is 0 Å². The maximum atomic E-state index is 3.62. The van der Waals surface area contributed by atoms with Crippen LogP contribution in [0.25, 0.3) is 0 Å². The van der Waals surface area contributed by atoms with Crippen molar-refractivity contribution in [1.29, 1.82) is 0 Å². The zero-order valence-electron chi connectivity index (χ0n) is 12.1. The number of benzene rings is 2. The van der Waals surface area contributed by atoms with E-state index < -0.39 is 0 Å². The maximum Gasteiger partial charge on any atom is 0.0349 e. The molecule has 0 aliphatic heterocycles. The third-order valence-electron chi connectivity index (χ3n) is 3.60. The van der Waals surface area contributed by atoms with Gasteiger partial charge >= 0.3 is 0 Å². The molecule has 0 heterocycles. The maximum absolute atomic E-state index is 3.62. The Balaban J connectivity index is 2.13. The van der Waals surface area contributed by atoms with Gasteiger partial charge in [-0.3, -0.25) is 0 Å². The molecular formula is C18H22BrN. The fraction of sp³-hybridized carbons (Fsp3) is 0.333. The van der Waals surface area contributed by atoms with E-state index in [0.717, 1.165) is 17.4 Å². The Morgan fingerprint density at radius 2 is 1.80 bits per heavy atom. The predicted molar refractivity (Wildman–Crippen MR) is 89.9 cm³/mol. The van der Waals surface area contributed by atoms with Crippen LogP contribution in [-0.4, -0.2) is 6.54 Å². The van der Waals surface area contributed by atoms with Gasteiger partial charge in [-0.25, -0.2) is 0 Å². The Kier molecular flexibility index (Phi) is 5.81.